The normalized spacial score (nSPS) is 12.2. The molecule has 2 aromatic rings. The summed E-state index contributed by atoms with van der Waals surface area (Å²) < 4.78 is 32.1. The molecule has 2 rings (SSSR count). The Kier molecular flexibility index (Phi) is 10.3. The maximum Gasteiger partial charge on any atom is 0.244 e. The second-order valence-corrected chi connectivity index (χ2v) is 11.4. The maximum atomic E-state index is 13.8. The Hall–Kier alpha value is -3.07. The Bertz CT molecular complexity index is 1160. The minimum absolute atomic E-state index is 0.177. The minimum atomic E-state index is -3.84. The number of nitrogens with one attached hydrogen (secondary N) is 1. The Balaban J connectivity index is 2.49. The van der Waals surface area contributed by atoms with Gasteiger partial charge in [0.2, 0.25) is 21.8 Å². The van der Waals surface area contributed by atoms with Crippen molar-refractivity contribution in [3.8, 4) is 5.75 Å². The van der Waals surface area contributed by atoms with Gasteiger partial charge in [-0.15, -0.1) is 0 Å². The predicted octanol–water partition coefficient (Wildman–Crippen LogP) is 3.66. The van der Waals surface area contributed by atoms with E-state index in [1.165, 1.54) is 12.0 Å². The van der Waals surface area contributed by atoms with Crippen LogP contribution in [0.1, 0.15) is 43.9 Å². The summed E-state index contributed by atoms with van der Waals surface area (Å²) in [5, 5.41) is 2.92. The number of amides is 2. The van der Waals surface area contributed by atoms with Gasteiger partial charge in [0.05, 0.1) is 19.1 Å². The second-order valence-electron chi connectivity index (χ2n) is 9.52. The van der Waals surface area contributed by atoms with Crippen LogP contribution in [0.25, 0.3) is 0 Å². The lowest BCUT2D eigenvalue weighted by molar-refractivity contribution is -0.140. The number of nitrogens with zero attached hydrogens (tertiary/aromatic N) is 2. The number of methoxy groups -OCH3 is 1. The summed E-state index contributed by atoms with van der Waals surface area (Å²) in [6.07, 6.45) is 1.44. The van der Waals surface area contributed by atoms with Gasteiger partial charge < -0.3 is 15.0 Å². The largest absolute Gasteiger partial charge is 0.495 e. The van der Waals surface area contributed by atoms with E-state index in [0.717, 1.165) is 27.3 Å². The van der Waals surface area contributed by atoms with Crippen molar-refractivity contribution in [2.24, 2.45) is 5.92 Å². The maximum absolute atomic E-state index is 13.8. The van der Waals surface area contributed by atoms with Crippen molar-refractivity contribution in [3.05, 3.63) is 59.2 Å². The number of benzene rings is 2. The van der Waals surface area contributed by atoms with Gasteiger partial charge in [-0.3, -0.25) is 13.9 Å². The molecule has 8 nitrogen and oxygen atoms in total. The van der Waals surface area contributed by atoms with Crippen LogP contribution in [0.15, 0.2) is 42.5 Å². The van der Waals surface area contributed by atoms with Crippen molar-refractivity contribution in [2.45, 2.75) is 53.6 Å². The lowest BCUT2D eigenvalue weighted by Gasteiger charge is -2.33. The van der Waals surface area contributed by atoms with Crippen molar-refractivity contribution in [3.63, 3.8) is 0 Å². The summed E-state index contributed by atoms with van der Waals surface area (Å²) >= 11 is 0. The molecule has 0 saturated carbocycles. The summed E-state index contributed by atoms with van der Waals surface area (Å²) in [5.74, 6) is -0.143. The first-order valence-electron chi connectivity index (χ1n) is 12.1. The molecular weight excluding hydrogens is 478 g/mol. The third-order valence-corrected chi connectivity index (χ3v) is 6.91. The number of anilines is 1. The van der Waals surface area contributed by atoms with Crippen LogP contribution < -0.4 is 14.4 Å². The van der Waals surface area contributed by atoms with E-state index in [2.05, 4.69) is 5.32 Å². The zero-order valence-corrected chi connectivity index (χ0v) is 23.2. The Morgan fingerprint density at radius 3 is 2.28 bits per heavy atom. The van der Waals surface area contributed by atoms with Gasteiger partial charge in [-0.25, -0.2) is 8.42 Å². The van der Waals surface area contributed by atoms with Crippen LogP contribution in [-0.2, 0) is 26.2 Å². The van der Waals surface area contributed by atoms with E-state index in [1.54, 1.807) is 18.2 Å². The molecule has 9 heteroatoms. The van der Waals surface area contributed by atoms with Crippen molar-refractivity contribution < 1.29 is 22.7 Å². The van der Waals surface area contributed by atoms with Crippen LogP contribution >= 0.6 is 0 Å². The van der Waals surface area contributed by atoms with E-state index in [1.807, 2.05) is 58.9 Å². The van der Waals surface area contributed by atoms with Crippen LogP contribution in [0.5, 0.6) is 5.75 Å². The van der Waals surface area contributed by atoms with Gasteiger partial charge >= 0.3 is 0 Å². The topological polar surface area (TPSA) is 96.0 Å². The van der Waals surface area contributed by atoms with E-state index < -0.39 is 28.5 Å². The van der Waals surface area contributed by atoms with E-state index in [9.17, 15) is 18.0 Å². The summed E-state index contributed by atoms with van der Waals surface area (Å²) in [6, 6.07) is 12.1. The fourth-order valence-corrected chi connectivity index (χ4v) is 4.78. The molecule has 0 fully saturated rings. The molecule has 0 aliphatic rings. The third kappa shape index (κ3) is 7.98. The molecule has 2 amide bonds. The number of hydrogen-bond donors (Lipinski definition) is 1. The molecule has 0 aromatic heterocycles. The number of carbonyl (C=O) groups is 2. The molecule has 0 radical (unpaired) electrons. The highest BCUT2D eigenvalue weighted by Crippen LogP contribution is 2.31. The molecular formula is C27H39N3O5S. The van der Waals surface area contributed by atoms with Gasteiger partial charge in [0, 0.05) is 13.1 Å². The minimum Gasteiger partial charge on any atom is -0.495 e. The van der Waals surface area contributed by atoms with Gasteiger partial charge in [0.25, 0.3) is 0 Å². The molecule has 0 saturated heterocycles. The Morgan fingerprint density at radius 2 is 1.72 bits per heavy atom. The van der Waals surface area contributed by atoms with E-state index in [-0.39, 0.29) is 24.1 Å². The first-order chi connectivity index (χ1) is 16.9. The highest BCUT2D eigenvalue weighted by atomic mass is 32.2. The zero-order chi connectivity index (χ0) is 27.0. The van der Waals surface area contributed by atoms with Gasteiger partial charge in [0.1, 0.15) is 18.3 Å². The van der Waals surface area contributed by atoms with Crippen LogP contribution in [0, 0.1) is 19.8 Å². The molecule has 198 valence electrons. The molecule has 1 N–H and O–H groups in total. The fraction of sp³-hybridized carbons (Fsp3) is 0.481. The number of sulfonamides is 1. The highest BCUT2D eigenvalue weighted by Gasteiger charge is 2.32. The highest BCUT2D eigenvalue weighted by molar-refractivity contribution is 7.92. The first kappa shape index (κ1) is 29.2. The lowest BCUT2D eigenvalue weighted by Crippen LogP contribution is -2.52. The average Bonchev–Trinajstić information content (AvgIpc) is 2.80. The second kappa shape index (κ2) is 12.8. The predicted molar refractivity (Wildman–Crippen MR) is 144 cm³/mol. The van der Waals surface area contributed by atoms with Gasteiger partial charge in [-0.2, -0.15) is 0 Å². The van der Waals surface area contributed by atoms with Gasteiger partial charge in [0.15, 0.2) is 0 Å². The number of carbonyl (C=O) groups excluding carboxylic acids is 2. The van der Waals surface area contributed by atoms with Crippen LogP contribution in [0.2, 0.25) is 0 Å². The van der Waals surface area contributed by atoms with Crippen LogP contribution in [0.3, 0.4) is 0 Å². The zero-order valence-electron chi connectivity index (χ0n) is 22.4. The number of rotatable bonds is 12. The van der Waals surface area contributed by atoms with Crippen molar-refractivity contribution in [2.75, 3.05) is 30.8 Å². The van der Waals surface area contributed by atoms with Gasteiger partial charge in [-0.1, -0.05) is 56.7 Å². The summed E-state index contributed by atoms with van der Waals surface area (Å²) in [4.78, 5) is 28.4. The quantitative estimate of drug-likeness (QED) is 0.464. The fourth-order valence-electron chi connectivity index (χ4n) is 3.94. The SMILES string of the molecule is CC[C@@H](C(=O)NCC(C)C)N(Cc1cccc(C)c1)C(=O)CN(c1cc(C)ccc1OC)S(C)(=O)=O. The number of aryl methyl sites for hydroxylation is 2. The molecule has 1 atom stereocenters. The molecule has 0 aliphatic heterocycles. The van der Waals surface area contributed by atoms with E-state index in [4.69, 9.17) is 4.74 Å². The van der Waals surface area contributed by atoms with Crippen LogP contribution in [-0.4, -0.2) is 57.6 Å². The third-order valence-electron chi connectivity index (χ3n) is 5.79. The molecule has 0 aliphatic carbocycles. The first-order valence-corrected chi connectivity index (χ1v) is 14.0. The van der Waals surface area contributed by atoms with Crippen molar-refractivity contribution in [1.82, 2.24) is 10.2 Å². The smallest absolute Gasteiger partial charge is 0.244 e. The summed E-state index contributed by atoms with van der Waals surface area (Å²) in [6.45, 7) is 9.83. The Labute approximate surface area is 215 Å². The summed E-state index contributed by atoms with van der Waals surface area (Å²) in [7, 11) is -2.39. The number of hydrogen-bond acceptors (Lipinski definition) is 5. The molecule has 36 heavy (non-hydrogen) atoms. The lowest BCUT2D eigenvalue weighted by atomic mass is 10.1. The van der Waals surface area contributed by atoms with Crippen LogP contribution in [0.4, 0.5) is 5.69 Å². The molecule has 0 spiro atoms. The molecule has 0 heterocycles. The van der Waals surface area contributed by atoms with E-state index >= 15 is 0 Å². The molecule has 0 bridgehead atoms. The Morgan fingerprint density at radius 1 is 1.06 bits per heavy atom. The van der Waals surface area contributed by atoms with Crippen molar-refractivity contribution >= 4 is 27.5 Å². The molecule has 2 aromatic carbocycles. The van der Waals surface area contributed by atoms with Gasteiger partial charge in [-0.05, 0) is 49.4 Å². The number of ether oxygens (including phenoxy) is 1. The monoisotopic (exact) mass is 517 g/mol. The van der Waals surface area contributed by atoms with Crippen molar-refractivity contribution in [1.29, 1.82) is 0 Å². The van der Waals surface area contributed by atoms with E-state index in [0.29, 0.717) is 18.7 Å². The summed E-state index contributed by atoms with van der Waals surface area (Å²) in [5.41, 5.74) is 2.99. The standard InChI is InChI=1S/C27H39N3O5S/c1-8-23(27(32)28-16-19(2)3)29(17-22-11-9-10-20(4)14-22)26(31)18-30(36(7,33)34)24-15-21(5)12-13-25(24)35-6/h9-15,19,23H,8,16-18H2,1-7H3,(H,28,32)/t23-/m0/s1. The molecule has 0 unspecified atom stereocenters. The average molecular weight is 518 g/mol.